The number of nitrogens with zero attached hydrogens (tertiary/aromatic N) is 2. The third-order valence-electron chi connectivity index (χ3n) is 4.16. The van der Waals surface area contributed by atoms with Crippen molar-refractivity contribution in [1.29, 1.82) is 0 Å². The quantitative estimate of drug-likeness (QED) is 0.532. The molecular weight excluding hydrogens is 364 g/mol. The van der Waals surface area contributed by atoms with Gasteiger partial charge in [0.25, 0.3) is 0 Å². The number of hydrogen-bond donors (Lipinski definition) is 2. The monoisotopic (exact) mass is 378 g/mol. The topological polar surface area (TPSA) is 83.0 Å². The van der Waals surface area contributed by atoms with Crippen molar-refractivity contribution in [3.8, 4) is 0 Å². The summed E-state index contributed by atoms with van der Waals surface area (Å²) in [4.78, 5) is 30.8. The van der Waals surface area contributed by atoms with E-state index in [0.29, 0.717) is 21.4 Å². The van der Waals surface area contributed by atoms with Crippen LogP contribution in [0.4, 0.5) is 0 Å². The molecule has 2 N–H and O–H groups in total. The summed E-state index contributed by atoms with van der Waals surface area (Å²) in [6, 6.07) is 14.9. The fourth-order valence-corrected chi connectivity index (χ4v) is 3.09. The summed E-state index contributed by atoms with van der Waals surface area (Å²) in [5.41, 5.74) is 2.08. The number of hydrogen-bond acceptors (Lipinski definition) is 3. The van der Waals surface area contributed by atoms with E-state index in [4.69, 9.17) is 11.6 Å². The van der Waals surface area contributed by atoms with E-state index < -0.39 is 11.2 Å². The van der Waals surface area contributed by atoms with Crippen LogP contribution < -0.4 is 11.2 Å². The Hall–Kier alpha value is -3.38. The number of fused-ring (bicyclic) bond motifs is 3. The Morgan fingerprint density at radius 1 is 1.07 bits per heavy atom. The van der Waals surface area contributed by atoms with E-state index in [2.05, 4.69) is 15.1 Å². The average molecular weight is 379 g/mol. The van der Waals surface area contributed by atoms with E-state index in [1.807, 2.05) is 43.3 Å². The SMILES string of the molecule is CC(/C=N\n1c(=O)[nH]c2c([nH]c3ccc(Cl)cc32)c1=O)=C/c1ccccc1. The third-order valence-corrected chi connectivity index (χ3v) is 4.40. The van der Waals surface area contributed by atoms with Gasteiger partial charge in [-0.1, -0.05) is 48.0 Å². The number of halogens is 1. The Morgan fingerprint density at radius 3 is 2.63 bits per heavy atom. The Morgan fingerprint density at radius 2 is 1.85 bits per heavy atom. The van der Waals surface area contributed by atoms with Crippen LogP contribution in [0.15, 0.2) is 68.8 Å². The number of allylic oxidation sites excluding steroid dienone is 1. The van der Waals surface area contributed by atoms with E-state index in [-0.39, 0.29) is 5.52 Å². The highest BCUT2D eigenvalue weighted by Gasteiger charge is 2.12. The van der Waals surface area contributed by atoms with E-state index in [0.717, 1.165) is 15.8 Å². The molecule has 0 radical (unpaired) electrons. The maximum absolute atomic E-state index is 12.7. The van der Waals surface area contributed by atoms with Crippen LogP contribution in [0.25, 0.3) is 28.0 Å². The fourth-order valence-electron chi connectivity index (χ4n) is 2.92. The van der Waals surface area contributed by atoms with E-state index in [1.54, 1.807) is 18.2 Å². The van der Waals surface area contributed by atoms with Crippen molar-refractivity contribution >= 4 is 45.8 Å². The standard InChI is InChI=1S/C20H15ClN4O2/c1-12(9-13-5-3-2-4-6-13)11-22-25-19(26)18-17(24-20(25)27)15-10-14(21)7-8-16(15)23-18/h2-11,23H,1H3,(H,24,27)/b12-9-,22-11-. The first-order valence-electron chi connectivity index (χ1n) is 8.27. The van der Waals surface area contributed by atoms with Crippen molar-refractivity contribution < 1.29 is 0 Å². The van der Waals surface area contributed by atoms with Crippen LogP contribution in [0.1, 0.15) is 12.5 Å². The van der Waals surface area contributed by atoms with Crippen molar-refractivity contribution in [3.05, 3.63) is 85.5 Å². The Bertz CT molecular complexity index is 1330. The molecule has 0 saturated heterocycles. The lowest BCUT2D eigenvalue weighted by Crippen LogP contribution is -2.32. The zero-order valence-corrected chi connectivity index (χ0v) is 15.1. The van der Waals surface area contributed by atoms with Gasteiger partial charge < -0.3 is 9.97 Å². The first kappa shape index (κ1) is 17.1. The summed E-state index contributed by atoms with van der Waals surface area (Å²) in [6.45, 7) is 1.85. The van der Waals surface area contributed by atoms with Crippen LogP contribution in [-0.2, 0) is 0 Å². The van der Waals surface area contributed by atoms with Gasteiger partial charge in [0.2, 0.25) is 0 Å². The van der Waals surface area contributed by atoms with Gasteiger partial charge in [-0.25, -0.2) is 4.79 Å². The lowest BCUT2D eigenvalue weighted by molar-refractivity contribution is 0.770. The molecule has 0 saturated carbocycles. The van der Waals surface area contributed by atoms with Gasteiger partial charge in [-0.2, -0.15) is 5.10 Å². The summed E-state index contributed by atoms with van der Waals surface area (Å²) in [5, 5.41) is 5.27. The van der Waals surface area contributed by atoms with Crippen molar-refractivity contribution in [2.24, 2.45) is 5.10 Å². The molecule has 0 amide bonds. The molecule has 134 valence electrons. The van der Waals surface area contributed by atoms with Crippen LogP contribution in [0.5, 0.6) is 0 Å². The van der Waals surface area contributed by atoms with Crippen LogP contribution in [0, 0.1) is 0 Å². The molecule has 0 atom stereocenters. The Labute approximate surface area is 158 Å². The van der Waals surface area contributed by atoms with E-state index in [1.165, 1.54) is 6.21 Å². The molecule has 0 aliphatic heterocycles. The summed E-state index contributed by atoms with van der Waals surface area (Å²) >= 11 is 6.02. The van der Waals surface area contributed by atoms with Crippen LogP contribution in [0.2, 0.25) is 5.02 Å². The molecule has 0 fully saturated rings. The van der Waals surface area contributed by atoms with Crippen molar-refractivity contribution in [2.45, 2.75) is 6.92 Å². The predicted molar refractivity (Wildman–Crippen MR) is 110 cm³/mol. The number of nitrogens with one attached hydrogen (secondary N) is 2. The largest absolute Gasteiger partial charge is 0.350 e. The minimum atomic E-state index is -0.614. The number of benzene rings is 2. The number of rotatable bonds is 3. The van der Waals surface area contributed by atoms with Crippen LogP contribution in [0.3, 0.4) is 0 Å². The van der Waals surface area contributed by atoms with Crippen molar-refractivity contribution in [2.75, 3.05) is 0 Å². The molecule has 4 aromatic rings. The van der Waals surface area contributed by atoms with Gasteiger partial charge in [0.15, 0.2) is 0 Å². The average Bonchev–Trinajstić information content (AvgIpc) is 3.00. The highest BCUT2D eigenvalue weighted by Crippen LogP contribution is 2.24. The Kier molecular flexibility index (Phi) is 4.25. The van der Waals surface area contributed by atoms with Gasteiger partial charge in [-0.15, -0.1) is 4.68 Å². The minimum Gasteiger partial charge on any atom is -0.349 e. The van der Waals surface area contributed by atoms with E-state index in [9.17, 15) is 9.59 Å². The minimum absolute atomic E-state index is 0.272. The van der Waals surface area contributed by atoms with Crippen molar-refractivity contribution in [3.63, 3.8) is 0 Å². The second kappa shape index (κ2) is 6.74. The lowest BCUT2D eigenvalue weighted by atomic mass is 10.1. The number of aromatic nitrogens is 3. The molecule has 6 nitrogen and oxygen atoms in total. The van der Waals surface area contributed by atoms with Gasteiger partial charge >= 0.3 is 11.2 Å². The summed E-state index contributed by atoms with van der Waals surface area (Å²) < 4.78 is 0.807. The number of H-pyrrole nitrogens is 2. The molecule has 0 aliphatic carbocycles. The van der Waals surface area contributed by atoms with Crippen LogP contribution >= 0.6 is 11.6 Å². The van der Waals surface area contributed by atoms with Crippen molar-refractivity contribution in [1.82, 2.24) is 14.6 Å². The smallest absolute Gasteiger partial charge is 0.349 e. The summed E-state index contributed by atoms with van der Waals surface area (Å²) in [5.74, 6) is 0. The molecule has 2 aromatic heterocycles. The zero-order valence-electron chi connectivity index (χ0n) is 14.4. The van der Waals surface area contributed by atoms with Gasteiger partial charge in [0, 0.05) is 15.9 Å². The molecule has 2 aromatic carbocycles. The highest BCUT2D eigenvalue weighted by molar-refractivity contribution is 6.31. The second-order valence-electron chi connectivity index (χ2n) is 6.16. The molecule has 0 unspecified atom stereocenters. The van der Waals surface area contributed by atoms with Crippen LogP contribution in [-0.4, -0.2) is 20.9 Å². The first-order chi connectivity index (χ1) is 13.0. The van der Waals surface area contributed by atoms with Gasteiger partial charge in [-0.3, -0.25) is 4.79 Å². The molecular formula is C20H15ClN4O2. The normalized spacial score (nSPS) is 12.4. The van der Waals surface area contributed by atoms with Gasteiger partial charge in [0.1, 0.15) is 5.52 Å². The summed E-state index contributed by atoms with van der Waals surface area (Å²) in [6.07, 6.45) is 3.39. The molecule has 2 heterocycles. The zero-order chi connectivity index (χ0) is 19.0. The van der Waals surface area contributed by atoms with E-state index >= 15 is 0 Å². The molecule has 0 aliphatic rings. The lowest BCUT2D eigenvalue weighted by Gasteiger charge is -1.98. The molecule has 7 heteroatoms. The summed E-state index contributed by atoms with van der Waals surface area (Å²) in [7, 11) is 0. The predicted octanol–water partition coefficient (Wildman–Crippen LogP) is 3.76. The highest BCUT2D eigenvalue weighted by atomic mass is 35.5. The Balaban J connectivity index is 1.81. The molecule has 0 bridgehead atoms. The molecule has 27 heavy (non-hydrogen) atoms. The van der Waals surface area contributed by atoms with Gasteiger partial charge in [-0.05, 0) is 36.3 Å². The first-order valence-corrected chi connectivity index (χ1v) is 8.65. The number of aromatic amines is 2. The maximum Gasteiger partial charge on any atom is 0.350 e. The molecule has 4 rings (SSSR count). The fraction of sp³-hybridized carbons (Fsp3) is 0.0500. The molecule has 0 spiro atoms. The third kappa shape index (κ3) is 3.22. The second-order valence-corrected chi connectivity index (χ2v) is 6.59. The maximum atomic E-state index is 12.7. The van der Waals surface area contributed by atoms with Gasteiger partial charge in [0.05, 0.1) is 11.7 Å².